The molecule has 14 heavy (non-hydrogen) atoms. The Labute approximate surface area is 86.8 Å². The zero-order chi connectivity index (χ0) is 10.6. The highest BCUT2D eigenvalue weighted by atomic mass is 16.3. The molecule has 0 aromatic heterocycles. The molecule has 1 nitrogen and oxygen atoms in total. The molecule has 0 amide bonds. The van der Waals surface area contributed by atoms with Gasteiger partial charge in [-0.05, 0) is 29.5 Å². The highest BCUT2D eigenvalue weighted by Crippen LogP contribution is 2.21. The smallest absolute Gasteiger partial charge is 0.0534 e. The summed E-state index contributed by atoms with van der Waals surface area (Å²) in [6.45, 7) is 6.45. The van der Waals surface area contributed by atoms with Gasteiger partial charge in [0.1, 0.15) is 0 Å². The number of hydrogen-bond donors (Lipinski definition) is 1. The monoisotopic (exact) mass is 191 g/mol. The maximum absolute atomic E-state index is 9.13. The average molecular weight is 191 g/mol. The predicted octanol–water partition coefficient (Wildman–Crippen LogP) is 2.75. The molecule has 1 aromatic carbocycles. The number of rotatable bonds is 4. The van der Waals surface area contributed by atoms with Crippen LogP contribution in [0, 0.1) is 5.92 Å². The van der Waals surface area contributed by atoms with Gasteiger partial charge in [0.05, 0.1) is 6.61 Å². The van der Waals surface area contributed by atoms with Crippen LogP contribution in [-0.4, -0.2) is 11.7 Å². The van der Waals surface area contributed by atoms with Gasteiger partial charge in [0.25, 0.3) is 0 Å². The topological polar surface area (TPSA) is 20.2 Å². The molecule has 1 aromatic rings. The van der Waals surface area contributed by atoms with E-state index in [2.05, 4.69) is 32.0 Å². The van der Waals surface area contributed by atoms with Gasteiger partial charge in [0.2, 0.25) is 0 Å². The quantitative estimate of drug-likeness (QED) is 0.776. The first kappa shape index (κ1) is 11.3. The van der Waals surface area contributed by atoms with Crippen molar-refractivity contribution in [2.24, 2.45) is 0 Å². The Morgan fingerprint density at radius 3 is 2.43 bits per heavy atom. The molecule has 0 bridgehead atoms. The lowest BCUT2D eigenvalue weighted by molar-refractivity contribution is 0.314. The SMILES string of the molecule is CCc1ccc(CC)c([C](C)CO)c1. The van der Waals surface area contributed by atoms with Crippen molar-refractivity contribution < 1.29 is 5.11 Å². The van der Waals surface area contributed by atoms with E-state index in [9.17, 15) is 0 Å². The van der Waals surface area contributed by atoms with Gasteiger partial charge >= 0.3 is 0 Å². The Hall–Kier alpha value is -0.820. The van der Waals surface area contributed by atoms with Crippen LogP contribution >= 0.6 is 0 Å². The average Bonchev–Trinajstić information content (AvgIpc) is 2.27. The molecule has 0 saturated heterocycles. The third kappa shape index (κ3) is 2.36. The van der Waals surface area contributed by atoms with E-state index in [1.807, 2.05) is 6.92 Å². The van der Waals surface area contributed by atoms with E-state index in [1.54, 1.807) is 0 Å². The lowest BCUT2D eigenvalue weighted by atomic mass is 9.92. The number of hydrogen-bond acceptors (Lipinski definition) is 1. The molecule has 0 fully saturated rings. The number of aliphatic hydroxyl groups is 1. The first-order valence-electron chi connectivity index (χ1n) is 5.28. The molecule has 0 aliphatic rings. The van der Waals surface area contributed by atoms with E-state index in [-0.39, 0.29) is 6.61 Å². The van der Waals surface area contributed by atoms with Gasteiger partial charge in [-0.3, -0.25) is 0 Å². The van der Waals surface area contributed by atoms with Gasteiger partial charge in [-0.25, -0.2) is 0 Å². The first-order valence-corrected chi connectivity index (χ1v) is 5.28. The van der Waals surface area contributed by atoms with Gasteiger partial charge in [-0.2, -0.15) is 0 Å². The van der Waals surface area contributed by atoms with Crippen molar-refractivity contribution in [3.05, 3.63) is 40.8 Å². The van der Waals surface area contributed by atoms with Crippen LogP contribution in [0.5, 0.6) is 0 Å². The summed E-state index contributed by atoms with van der Waals surface area (Å²) in [5.74, 6) is 1.07. The molecule has 0 saturated carbocycles. The Balaban J connectivity index is 3.08. The largest absolute Gasteiger partial charge is 0.395 e. The van der Waals surface area contributed by atoms with E-state index < -0.39 is 0 Å². The van der Waals surface area contributed by atoms with Crippen LogP contribution < -0.4 is 0 Å². The second kappa shape index (κ2) is 5.16. The van der Waals surface area contributed by atoms with Gasteiger partial charge in [-0.1, -0.05) is 39.0 Å². The summed E-state index contributed by atoms with van der Waals surface area (Å²) in [5.41, 5.74) is 3.90. The second-order valence-corrected chi connectivity index (χ2v) is 3.64. The third-order valence-electron chi connectivity index (χ3n) is 2.66. The van der Waals surface area contributed by atoms with Crippen molar-refractivity contribution in [1.29, 1.82) is 0 Å². The summed E-state index contributed by atoms with van der Waals surface area (Å²) in [6, 6.07) is 6.55. The fourth-order valence-corrected chi connectivity index (χ4v) is 1.63. The van der Waals surface area contributed by atoms with Crippen LogP contribution in [-0.2, 0) is 12.8 Å². The van der Waals surface area contributed by atoms with Crippen molar-refractivity contribution in [1.82, 2.24) is 0 Å². The fourth-order valence-electron chi connectivity index (χ4n) is 1.63. The summed E-state index contributed by atoms with van der Waals surface area (Å²) in [5, 5.41) is 9.13. The molecule has 77 valence electrons. The molecule has 0 spiro atoms. The first-order chi connectivity index (χ1) is 6.72. The highest BCUT2D eigenvalue weighted by Gasteiger charge is 2.09. The zero-order valence-electron chi connectivity index (χ0n) is 9.30. The van der Waals surface area contributed by atoms with Crippen LogP contribution in [0.25, 0.3) is 0 Å². The molecule has 0 aliphatic heterocycles. The van der Waals surface area contributed by atoms with Crippen LogP contribution in [0.1, 0.15) is 37.5 Å². The number of aliphatic hydroxyl groups excluding tert-OH is 1. The lowest BCUT2D eigenvalue weighted by Gasteiger charge is -2.14. The zero-order valence-corrected chi connectivity index (χ0v) is 9.30. The molecule has 1 radical (unpaired) electrons. The number of aryl methyl sites for hydroxylation is 2. The van der Waals surface area contributed by atoms with Crippen molar-refractivity contribution in [2.75, 3.05) is 6.61 Å². The van der Waals surface area contributed by atoms with Gasteiger partial charge in [-0.15, -0.1) is 0 Å². The van der Waals surface area contributed by atoms with Gasteiger partial charge < -0.3 is 5.11 Å². The maximum atomic E-state index is 9.13. The fraction of sp³-hybridized carbons (Fsp3) is 0.462. The van der Waals surface area contributed by atoms with Crippen molar-refractivity contribution in [2.45, 2.75) is 33.6 Å². The van der Waals surface area contributed by atoms with Crippen LogP contribution in [0.15, 0.2) is 18.2 Å². The van der Waals surface area contributed by atoms with Crippen molar-refractivity contribution >= 4 is 0 Å². The van der Waals surface area contributed by atoms with Gasteiger partial charge in [0.15, 0.2) is 0 Å². The minimum atomic E-state index is 0.153. The Bertz CT molecular complexity index is 291. The Morgan fingerprint density at radius 2 is 1.93 bits per heavy atom. The molecule has 0 heterocycles. The lowest BCUT2D eigenvalue weighted by Crippen LogP contribution is -2.04. The normalized spacial score (nSPS) is 10.9. The molecule has 1 rings (SSSR count). The van der Waals surface area contributed by atoms with E-state index in [4.69, 9.17) is 5.11 Å². The molecule has 0 atom stereocenters. The molecular formula is C13H19O. The van der Waals surface area contributed by atoms with Crippen molar-refractivity contribution in [3.63, 3.8) is 0 Å². The second-order valence-electron chi connectivity index (χ2n) is 3.64. The van der Waals surface area contributed by atoms with Crippen LogP contribution in [0.3, 0.4) is 0 Å². The summed E-state index contributed by atoms with van der Waals surface area (Å²) in [6.07, 6.45) is 2.08. The third-order valence-corrected chi connectivity index (χ3v) is 2.66. The Kier molecular flexibility index (Phi) is 4.15. The summed E-state index contributed by atoms with van der Waals surface area (Å²) < 4.78 is 0. The van der Waals surface area contributed by atoms with E-state index in [1.165, 1.54) is 16.7 Å². The predicted molar refractivity (Wildman–Crippen MR) is 60.3 cm³/mol. The standard InChI is InChI=1S/C13H19O/c1-4-11-6-7-12(5-2)13(8-11)10(3)9-14/h6-8,14H,4-5,9H2,1-3H3. The highest BCUT2D eigenvalue weighted by molar-refractivity contribution is 5.41. The summed E-state index contributed by atoms with van der Waals surface area (Å²) in [7, 11) is 0. The van der Waals surface area contributed by atoms with E-state index in [0.717, 1.165) is 18.8 Å². The molecule has 0 unspecified atom stereocenters. The molecule has 1 heteroatoms. The van der Waals surface area contributed by atoms with Crippen LogP contribution in [0.4, 0.5) is 0 Å². The molecule has 1 N–H and O–H groups in total. The summed E-state index contributed by atoms with van der Waals surface area (Å²) >= 11 is 0. The Morgan fingerprint density at radius 1 is 1.21 bits per heavy atom. The summed E-state index contributed by atoms with van der Waals surface area (Å²) in [4.78, 5) is 0. The van der Waals surface area contributed by atoms with Crippen LogP contribution in [0.2, 0.25) is 0 Å². The number of benzene rings is 1. The van der Waals surface area contributed by atoms with Gasteiger partial charge in [0, 0.05) is 5.92 Å². The van der Waals surface area contributed by atoms with E-state index >= 15 is 0 Å². The molecular weight excluding hydrogens is 172 g/mol. The molecule has 0 aliphatic carbocycles. The maximum Gasteiger partial charge on any atom is 0.0534 e. The van der Waals surface area contributed by atoms with E-state index in [0.29, 0.717) is 0 Å². The minimum Gasteiger partial charge on any atom is -0.395 e. The minimum absolute atomic E-state index is 0.153. The van der Waals surface area contributed by atoms with Crippen molar-refractivity contribution in [3.8, 4) is 0 Å².